The molecule has 0 bridgehead atoms. The summed E-state index contributed by atoms with van der Waals surface area (Å²) in [6, 6.07) is 0.765. The molecule has 0 aliphatic heterocycles. The molecule has 1 amide bonds. The number of hydrogen-bond donors (Lipinski definition) is 0. The van der Waals surface area contributed by atoms with Gasteiger partial charge in [0.25, 0.3) is 0 Å². The summed E-state index contributed by atoms with van der Waals surface area (Å²) < 4.78 is 1.83. The second kappa shape index (κ2) is 7.03. The Labute approximate surface area is 147 Å². The number of thiazole rings is 1. The fraction of sp³-hybridized carbons (Fsp3) is 0.588. The molecule has 1 fully saturated rings. The van der Waals surface area contributed by atoms with E-state index in [4.69, 9.17) is 4.98 Å². The van der Waals surface area contributed by atoms with E-state index in [2.05, 4.69) is 29.2 Å². The Balaban J connectivity index is 1.70. The molecule has 2 aromatic heterocycles. The van der Waals surface area contributed by atoms with Crippen LogP contribution < -0.4 is 4.90 Å². The molecule has 0 saturated heterocycles. The van der Waals surface area contributed by atoms with Crippen LogP contribution in [-0.4, -0.2) is 37.7 Å². The molecule has 0 radical (unpaired) electrons. The lowest BCUT2D eigenvalue weighted by atomic mass is 10.2. The Kier molecular flexibility index (Phi) is 5.01. The molecule has 2 aromatic rings. The molecule has 0 unspecified atom stereocenters. The molecule has 1 aliphatic carbocycles. The first-order chi connectivity index (χ1) is 11.4. The largest absolute Gasteiger partial charge is 0.291 e. The summed E-state index contributed by atoms with van der Waals surface area (Å²) >= 11 is 1.57. The van der Waals surface area contributed by atoms with Crippen LogP contribution in [0.1, 0.15) is 44.9 Å². The van der Waals surface area contributed by atoms with Gasteiger partial charge in [-0.1, -0.05) is 0 Å². The monoisotopic (exact) mass is 347 g/mol. The Morgan fingerprint density at radius 2 is 2.17 bits per heavy atom. The van der Waals surface area contributed by atoms with Crippen LogP contribution in [0.4, 0.5) is 5.13 Å². The quantitative estimate of drug-likeness (QED) is 0.773. The summed E-state index contributed by atoms with van der Waals surface area (Å²) in [5.74, 6) is 0.0921. The first-order valence-electron chi connectivity index (χ1n) is 8.40. The lowest BCUT2D eigenvalue weighted by Crippen LogP contribution is -2.31. The maximum atomic E-state index is 11.9. The van der Waals surface area contributed by atoms with Crippen LogP contribution in [-0.2, 0) is 24.9 Å². The normalized spacial score (nSPS) is 14.6. The van der Waals surface area contributed by atoms with Gasteiger partial charge >= 0.3 is 0 Å². The zero-order valence-corrected chi connectivity index (χ0v) is 15.6. The number of aromatic nitrogens is 3. The highest BCUT2D eigenvalue weighted by Crippen LogP contribution is 2.33. The second-order valence-corrected chi connectivity index (χ2v) is 7.60. The van der Waals surface area contributed by atoms with Crippen LogP contribution in [0.3, 0.4) is 0 Å². The van der Waals surface area contributed by atoms with Crippen molar-refractivity contribution in [2.24, 2.45) is 7.05 Å². The molecule has 24 heavy (non-hydrogen) atoms. The number of amides is 1. The molecular formula is C17H25N5OS. The lowest BCUT2D eigenvalue weighted by molar-refractivity contribution is -0.116. The topological polar surface area (TPSA) is 54.3 Å². The maximum Gasteiger partial charge on any atom is 0.225 e. The van der Waals surface area contributed by atoms with Gasteiger partial charge in [-0.3, -0.25) is 19.3 Å². The standard InChI is InChI=1S/C17H25N5OS/c1-12(2)21(9-14-7-18-20(4)8-14)10-15-11-24-17(19-15)22(13(3)23)16-5-6-16/h7-8,11-12,16H,5-6,9-10H2,1-4H3. The predicted molar refractivity (Wildman–Crippen MR) is 95.9 cm³/mol. The van der Waals surface area contributed by atoms with E-state index >= 15 is 0 Å². The molecule has 1 saturated carbocycles. The first-order valence-corrected chi connectivity index (χ1v) is 9.27. The minimum Gasteiger partial charge on any atom is -0.291 e. The third-order valence-corrected chi connectivity index (χ3v) is 5.13. The van der Waals surface area contributed by atoms with Gasteiger partial charge in [0.1, 0.15) is 0 Å². The molecule has 1 aliphatic rings. The summed E-state index contributed by atoms with van der Waals surface area (Å²) in [6.07, 6.45) is 6.14. The molecule has 7 heteroatoms. The van der Waals surface area contributed by atoms with Crippen molar-refractivity contribution in [1.82, 2.24) is 19.7 Å². The third kappa shape index (κ3) is 4.02. The van der Waals surface area contributed by atoms with Gasteiger partial charge in [-0.05, 0) is 26.7 Å². The SMILES string of the molecule is CC(=O)N(c1nc(CN(Cc2cnn(C)c2)C(C)C)cs1)C1CC1. The van der Waals surface area contributed by atoms with Crippen LogP contribution in [0, 0.1) is 0 Å². The van der Waals surface area contributed by atoms with Crippen molar-refractivity contribution in [2.75, 3.05) is 4.90 Å². The second-order valence-electron chi connectivity index (χ2n) is 6.76. The minimum absolute atomic E-state index is 0.0921. The fourth-order valence-electron chi connectivity index (χ4n) is 2.78. The number of anilines is 1. The van der Waals surface area contributed by atoms with E-state index in [9.17, 15) is 4.79 Å². The smallest absolute Gasteiger partial charge is 0.225 e. The zero-order valence-electron chi connectivity index (χ0n) is 14.8. The average Bonchev–Trinajstić information content (AvgIpc) is 3.08. The van der Waals surface area contributed by atoms with Crippen molar-refractivity contribution in [3.05, 3.63) is 29.0 Å². The molecular weight excluding hydrogens is 322 g/mol. The summed E-state index contributed by atoms with van der Waals surface area (Å²) in [7, 11) is 1.93. The number of nitrogens with zero attached hydrogens (tertiary/aromatic N) is 5. The predicted octanol–water partition coefficient (Wildman–Crippen LogP) is 2.80. The van der Waals surface area contributed by atoms with E-state index in [1.807, 2.05) is 29.0 Å². The molecule has 0 N–H and O–H groups in total. The van der Waals surface area contributed by atoms with Crippen molar-refractivity contribution >= 4 is 22.4 Å². The molecule has 2 heterocycles. The lowest BCUT2D eigenvalue weighted by Gasteiger charge is -2.25. The van der Waals surface area contributed by atoms with Crippen LogP contribution in [0.2, 0.25) is 0 Å². The molecule has 130 valence electrons. The molecule has 6 nitrogen and oxygen atoms in total. The van der Waals surface area contributed by atoms with Gasteiger partial charge in [0, 0.05) is 56.3 Å². The van der Waals surface area contributed by atoms with E-state index < -0.39 is 0 Å². The average molecular weight is 347 g/mol. The number of carbonyl (C=O) groups excluding carboxylic acids is 1. The third-order valence-electron chi connectivity index (χ3n) is 4.24. The summed E-state index contributed by atoms with van der Waals surface area (Å²) in [5.41, 5.74) is 2.23. The number of hydrogen-bond acceptors (Lipinski definition) is 5. The van der Waals surface area contributed by atoms with Gasteiger partial charge in [-0.15, -0.1) is 11.3 Å². The van der Waals surface area contributed by atoms with Gasteiger partial charge in [0.2, 0.25) is 5.91 Å². The number of aryl methyl sites for hydroxylation is 1. The van der Waals surface area contributed by atoms with Crippen molar-refractivity contribution < 1.29 is 4.79 Å². The van der Waals surface area contributed by atoms with Gasteiger partial charge in [-0.25, -0.2) is 4.98 Å². The van der Waals surface area contributed by atoms with Crippen LogP contribution in [0.5, 0.6) is 0 Å². The van der Waals surface area contributed by atoms with Crippen LogP contribution in [0.15, 0.2) is 17.8 Å². The van der Waals surface area contributed by atoms with Gasteiger partial charge < -0.3 is 0 Å². The molecule has 0 spiro atoms. The zero-order chi connectivity index (χ0) is 17.3. The Bertz CT molecular complexity index is 703. The van der Waals surface area contributed by atoms with Gasteiger partial charge in [0.05, 0.1) is 11.9 Å². The van der Waals surface area contributed by atoms with Crippen molar-refractivity contribution in [3.8, 4) is 0 Å². The Morgan fingerprint density at radius 1 is 1.42 bits per heavy atom. The van der Waals surface area contributed by atoms with Crippen molar-refractivity contribution in [2.45, 2.75) is 58.8 Å². The minimum atomic E-state index is 0.0921. The van der Waals surface area contributed by atoms with E-state index in [1.165, 1.54) is 5.56 Å². The van der Waals surface area contributed by atoms with Gasteiger partial charge in [-0.2, -0.15) is 5.10 Å². The van der Waals surface area contributed by atoms with Gasteiger partial charge in [0.15, 0.2) is 5.13 Å². The van der Waals surface area contributed by atoms with Crippen LogP contribution >= 0.6 is 11.3 Å². The summed E-state index contributed by atoms with van der Waals surface area (Å²) in [6.45, 7) is 7.63. The summed E-state index contributed by atoms with van der Waals surface area (Å²) in [5, 5.41) is 7.16. The highest BCUT2D eigenvalue weighted by molar-refractivity contribution is 7.14. The first kappa shape index (κ1) is 17.1. The van der Waals surface area contributed by atoms with Crippen LogP contribution in [0.25, 0.3) is 0 Å². The number of rotatable bonds is 7. The summed E-state index contributed by atoms with van der Waals surface area (Å²) in [4.78, 5) is 20.8. The Morgan fingerprint density at radius 3 is 2.71 bits per heavy atom. The molecule has 0 aromatic carbocycles. The van der Waals surface area contributed by atoms with E-state index in [-0.39, 0.29) is 5.91 Å². The number of carbonyl (C=O) groups is 1. The molecule has 3 rings (SSSR count). The van der Waals surface area contributed by atoms with Crippen molar-refractivity contribution in [3.63, 3.8) is 0 Å². The van der Waals surface area contributed by atoms with E-state index in [1.54, 1.807) is 18.3 Å². The Hall–Kier alpha value is -1.73. The maximum absolute atomic E-state index is 11.9. The fourth-order valence-corrected chi connectivity index (χ4v) is 3.71. The van der Waals surface area contributed by atoms with Crippen molar-refractivity contribution in [1.29, 1.82) is 0 Å². The molecule has 0 atom stereocenters. The highest BCUT2D eigenvalue weighted by Gasteiger charge is 2.33. The highest BCUT2D eigenvalue weighted by atomic mass is 32.1. The van der Waals surface area contributed by atoms with E-state index in [0.29, 0.717) is 12.1 Å². The van der Waals surface area contributed by atoms with E-state index in [0.717, 1.165) is 36.8 Å².